The number of amides is 2. The Hall–Kier alpha value is -3.17. The van der Waals surface area contributed by atoms with E-state index in [0.717, 1.165) is 12.1 Å². The molecule has 2 amide bonds. The van der Waals surface area contributed by atoms with E-state index in [0.29, 0.717) is 24.3 Å². The predicted molar refractivity (Wildman–Crippen MR) is 111 cm³/mol. The van der Waals surface area contributed by atoms with Gasteiger partial charge in [0, 0.05) is 18.7 Å². The molecule has 1 unspecified atom stereocenters. The standard InChI is InChI=1S/C22H26N4O2/c1-3-14-26(17(2)22(28)24-19-10-5-4-6-11-19)15-13-21(27)25-20-12-8-7-9-18(20)16-23/h4-12,17H,3,13-15H2,1-2H3,(H,24,28)(H,25,27). The SMILES string of the molecule is CCCN(CCC(=O)Nc1ccccc1C#N)C(C)C(=O)Nc1ccccc1. The summed E-state index contributed by atoms with van der Waals surface area (Å²) in [5.74, 6) is -0.283. The number of rotatable bonds is 9. The van der Waals surface area contributed by atoms with Gasteiger partial charge in [-0.1, -0.05) is 37.3 Å². The van der Waals surface area contributed by atoms with Crippen molar-refractivity contribution in [2.45, 2.75) is 32.7 Å². The van der Waals surface area contributed by atoms with Crippen LogP contribution < -0.4 is 10.6 Å². The number of hydrogen-bond donors (Lipinski definition) is 2. The average Bonchev–Trinajstić information content (AvgIpc) is 2.71. The third kappa shape index (κ3) is 6.22. The quantitative estimate of drug-likeness (QED) is 0.698. The van der Waals surface area contributed by atoms with Gasteiger partial charge >= 0.3 is 0 Å². The second-order valence-corrected chi connectivity index (χ2v) is 6.52. The molecule has 0 aliphatic carbocycles. The molecule has 0 aromatic heterocycles. The summed E-state index contributed by atoms with van der Waals surface area (Å²) >= 11 is 0. The number of benzene rings is 2. The molecule has 2 rings (SSSR count). The van der Waals surface area contributed by atoms with Crippen LogP contribution in [0.3, 0.4) is 0 Å². The lowest BCUT2D eigenvalue weighted by molar-refractivity contribution is -0.122. The number of nitriles is 1. The Morgan fingerprint density at radius 3 is 2.39 bits per heavy atom. The van der Waals surface area contributed by atoms with Crippen LogP contribution in [0, 0.1) is 11.3 Å². The molecule has 1 atom stereocenters. The number of carbonyl (C=O) groups is 2. The van der Waals surface area contributed by atoms with E-state index in [2.05, 4.69) is 16.7 Å². The highest BCUT2D eigenvalue weighted by Gasteiger charge is 2.21. The Labute approximate surface area is 166 Å². The lowest BCUT2D eigenvalue weighted by Gasteiger charge is -2.27. The van der Waals surface area contributed by atoms with Crippen LogP contribution in [0.15, 0.2) is 54.6 Å². The smallest absolute Gasteiger partial charge is 0.241 e. The molecule has 0 saturated carbocycles. The molecule has 0 aliphatic rings. The maximum absolute atomic E-state index is 12.6. The van der Waals surface area contributed by atoms with Gasteiger partial charge in [-0.25, -0.2) is 0 Å². The summed E-state index contributed by atoms with van der Waals surface area (Å²) < 4.78 is 0. The molecule has 2 aromatic carbocycles. The highest BCUT2D eigenvalue weighted by atomic mass is 16.2. The molecule has 0 saturated heterocycles. The van der Waals surface area contributed by atoms with Crippen LogP contribution in [0.5, 0.6) is 0 Å². The first-order valence-corrected chi connectivity index (χ1v) is 9.44. The Morgan fingerprint density at radius 2 is 1.71 bits per heavy atom. The van der Waals surface area contributed by atoms with E-state index < -0.39 is 0 Å². The zero-order valence-electron chi connectivity index (χ0n) is 16.3. The zero-order valence-corrected chi connectivity index (χ0v) is 16.3. The first-order chi connectivity index (χ1) is 13.5. The van der Waals surface area contributed by atoms with Gasteiger partial charge in [-0.3, -0.25) is 14.5 Å². The maximum Gasteiger partial charge on any atom is 0.241 e. The van der Waals surface area contributed by atoms with Crippen molar-refractivity contribution in [3.8, 4) is 6.07 Å². The predicted octanol–water partition coefficient (Wildman–Crippen LogP) is 3.63. The van der Waals surface area contributed by atoms with Gasteiger partial charge in [-0.05, 0) is 44.2 Å². The van der Waals surface area contributed by atoms with Gasteiger partial charge in [-0.2, -0.15) is 5.26 Å². The third-order valence-electron chi connectivity index (χ3n) is 4.43. The fourth-order valence-electron chi connectivity index (χ4n) is 2.87. The second kappa shape index (κ2) is 10.9. The monoisotopic (exact) mass is 378 g/mol. The van der Waals surface area contributed by atoms with Crippen molar-refractivity contribution < 1.29 is 9.59 Å². The normalized spacial score (nSPS) is 11.5. The molecular weight excluding hydrogens is 352 g/mol. The third-order valence-corrected chi connectivity index (χ3v) is 4.43. The van der Waals surface area contributed by atoms with Crippen LogP contribution in [-0.4, -0.2) is 35.8 Å². The molecule has 2 aromatic rings. The number of hydrogen-bond acceptors (Lipinski definition) is 4. The van der Waals surface area contributed by atoms with E-state index in [-0.39, 0.29) is 24.3 Å². The molecule has 0 fully saturated rings. The van der Waals surface area contributed by atoms with Gasteiger partial charge in [-0.15, -0.1) is 0 Å². The van der Waals surface area contributed by atoms with Crippen LogP contribution in [-0.2, 0) is 9.59 Å². The van der Waals surface area contributed by atoms with Gasteiger partial charge in [0.15, 0.2) is 0 Å². The van der Waals surface area contributed by atoms with Crippen molar-refractivity contribution in [3.05, 3.63) is 60.2 Å². The van der Waals surface area contributed by atoms with Gasteiger partial charge in [0.05, 0.1) is 17.3 Å². The van der Waals surface area contributed by atoms with E-state index in [1.165, 1.54) is 0 Å². The summed E-state index contributed by atoms with van der Waals surface area (Å²) in [6.45, 7) is 5.05. The maximum atomic E-state index is 12.6. The molecule has 0 bridgehead atoms. The summed E-state index contributed by atoms with van der Waals surface area (Å²) in [6.07, 6.45) is 1.12. The first-order valence-electron chi connectivity index (χ1n) is 9.44. The molecular formula is C22H26N4O2. The van der Waals surface area contributed by atoms with Crippen molar-refractivity contribution in [2.75, 3.05) is 23.7 Å². The van der Waals surface area contributed by atoms with Crippen molar-refractivity contribution in [3.63, 3.8) is 0 Å². The van der Waals surface area contributed by atoms with E-state index in [4.69, 9.17) is 5.26 Å². The Bertz CT molecular complexity index is 830. The van der Waals surface area contributed by atoms with Crippen molar-refractivity contribution in [1.29, 1.82) is 5.26 Å². The number of anilines is 2. The van der Waals surface area contributed by atoms with E-state index >= 15 is 0 Å². The number of carbonyl (C=O) groups excluding carboxylic acids is 2. The topological polar surface area (TPSA) is 85.2 Å². The lowest BCUT2D eigenvalue weighted by Crippen LogP contribution is -2.43. The lowest BCUT2D eigenvalue weighted by atomic mass is 10.2. The molecule has 6 nitrogen and oxygen atoms in total. The highest BCUT2D eigenvalue weighted by Crippen LogP contribution is 2.14. The van der Waals surface area contributed by atoms with Crippen LogP contribution >= 0.6 is 0 Å². The minimum Gasteiger partial charge on any atom is -0.325 e. The second-order valence-electron chi connectivity index (χ2n) is 6.52. The Balaban J connectivity index is 1.93. The van der Waals surface area contributed by atoms with Crippen LogP contribution in [0.25, 0.3) is 0 Å². The van der Waals surface area contributed by atoms with Gasteiger partial charge in [0.1, 0.15) is 6.07 Å². The minimum absolute atomic E-state index is 0.102. The molecule has 6 heteroatoms. The number of para-hydroxylation sites is 2. The summed E-state index contributed by atoms with van der Waals surface area (Å²) in [4.78, 5) is 26.9. The number of nitrogens with one attached hydrogen (secondary N) is 2. The first kappa shape index (κ1) is 21.1. The largest absolute Gasteiger partial charge is 0.325 e. The Kier molecular flexibility index (Phi) is 8.19. The molecule has 0 radical (unpaired) electrons. The molecule has 2 N–H and O–H groups in total. The molecule has 0 aliphatic heterocycles. The van der Waals surface area contributed by atoms with Gasteiger partial charge in [0.2, 0.25) is 11.8 Å². The van der Waals surface area contributed by atoms with Crippen LogP contribution in [0.4, 0.5) is 11.4 Å². The fourth-order valence-corrected chi connectivity index (χ4v) is 2.87. The van der Waals surface area contributed by atoms with E-state index in [1.807, 2.05) is 49.1 Å². The fraction of sp³-hybridized carbons (Fsp3) is 0.318. The highest BCUT2D eigenvalue weighted by molar-refractivity contribution is 5.95. The van der Waals surface area contributed by atoms with Gasteiger partial charge < -0.3 is 10.6 Å². The van der Waals surface area contributed by atoms with Crippen molar-refractivity contribution in [2.24, 2.45) is 0 Å². The molecule has 146 valence electrons. The summed E-state index contributed by atoms with van der Waals surface area (Å²) in [7, 11) is 0. The minimum atomic E-state index is -0.362. The molecule has 0 heterocycles. The summed E-state index contributed by atoms with van der Waals surface area (Å²) in [5.41, 5.74) is 1.69. The van der Waals surface area contributed by atoms with Crippen LogP contribution in [0.2, 0.25) is 0 Å². The van der Waals surface area contributed by atoms with Crippen LogP contribution in [0.1, 0.15) is 32.3 Å². The van der Waals surface area contributed by atoms with E-state index in [1.54, 1.807) is 24.3 Å². The summed E-state index contributed by atoms with van der Waals surface area (Å²) in [5, 5.41) is 14.8. The number of nitrogens with zero attached hydrogens (tertiary/aromatic N) is 2. The van der Waals surface area contributed by atoms with Crippen molar-refractivity contribution in [1.82, 2.24) is 4.90 Å². The van der Waals surface area contributed by atoms with Crippen molar-refractivity contribution >= 4 is 23.2 Å². The van der Waals surface area contributed by atoms with E-state index in [9.17, 15) is 9.59 Å². The Morgan fingerprint density at radius 1 is 1.04 bits per heavy atom. The average molecular weight is 378 g/mol. The zero-order chi connectivity index (χ0) is 20.4. The van der Waals surface area contributed by atoms with Gasteiger partial charge in [0.25, 0.3) is 0 Å². The molecule has 0 spiro atoms. The molecule has 28 heavy (non-hydrogen) atoms. The summed E-state index contributed by atoms with van der Waals surface area (Å²) in [6, 6.07) is 17.9.